The molecule has 0 saturated carbocycles. The van der Waals surface area contributed by atoms with Crippen LogP contribution in [0.4, 0.5) is 13.2 Å². The number of allylic oxidation sites excluding steroid dienone is 1. The summed E-state index contributed by atoms with van der Waals surface area (Å²) in [4.78, 5) is 0. The van der Waals surface area contributed by atoms with Crippen LogP contribution in [-0.2, 0) is 13.2 Å². The summed E-state index contributed by atoms with van der Waals surface area (Å²) in [6.45, 7) is 0. The van der Waals surface area contributed by atoms with Gasteiger partial charge in [-0.3, -0.25) is 0 Å². The van der Waals surface area contributed by atoms with Gasteiger partial charge < -0.3 is 4.57 Å². The maximum Gasteiger partial charge on any atom is 0.451 e. The molecule has 0 bridgehead atoms. The molecular formula is C7H3Cl2F3N4S. The molecular weight excluding hydrogens is 300 g/mol. The van der Waals surface area contributed by atoms with Gasteiger partial charge in [0, 0.05) is 7.05 Å². The van der Waals surface area contributed by atoms with E-state index in [9.17, 15) is 13.2 Å². The standard InChI is InChI=1S/C7H3Cl2F3N4S/c1-16-5(7(10,11)12)14-15-6(16)17-4(9)3(8)2-13/h1H3. The zero-order valence-corrected chi connectivity index (χ0v) is 10.4. The Hall–Kier alpha value is -0.910. The van der Waals surface area contributed by atoms with Gasteiger partial charge in [-0.15, -0.1) is 10.2 Å². The summed E-state index contributed by atoms with van der Waals surface area (Å²) in [7, 11) is 1.13. The molecule has 0 radical (unpaired) electrons. The minimum Gasteiger partial charge on any atom is -0.301 e. The van der Waals surface area contributed by atoms with E-state index in [-0.39, 0.29) is 14.6 Å². The minimum absolute atomic E-state index is 0.115. The minimum atomic E-state index is -4.60. The lowest BCUT2D eigenvalue weighted by molar-refractivity contribution is -0.147. The first-order valence-electron chi connectivity index (χ1n) is 3.87. The highest BCUT2D eigenvalue weighted by atomic mass is 35.5. The predicted molar refractivity (Wildman–Crippen MR) is 56.2 cm³/mol. The highest BCUT2D eigenvalue weighted by Gasteiger charge is 2.37. The number of nitriles is 1. The normalized spacial score (nSPS) is 13.2. The van der Waals surface area contributed by atoms with Crippen LogP contribution in [0.1, 0.15) is 5.82 Å². The topological polar surface area (TPSA) is 54.5 Å². The van der Waals surface area contributed by atoms with Crippen LogP contribution < -0.4 is 0 Å². The van der Waals surface area contributed by atoms with Crippen molar-refractivity contribution in [3.8, 4) is 6.07 Å². The Balaban J connectivity index is 3.05. The smallest absolute Gasteiger partial charge is 0.301 e. The number of rotatable bonds is 2. The summed E-state index contributed by atoms with van der Waals surface area (Å²) >= 11 is 11.6. The molecule has 0 N–H and O–H groups in total. The average Bonchev–Trinajstić information content (AvgIpc) is 2.58. The van der Waals surface area contributed by atoms with Gasteiger partial charge in [-0.25, -0.2) is 0 Å². The van der Waals surface area contributed by atoms with Crippen molar-refractivity contribution in [2.24, 2.45) is 7.05 Å². The Morgan fingerprint density at radius 3 is 2.41 bits per heavy atom. The Morgan fingerprint density at radius 1 is 1.41 bits per heavy atom. The number of thioether (sulfide) groups is 1. The molecule has 0 amide bonds. The van der Waals surface area contributed by atoms with Crippen LogP contribution in [0.15, 0.2) is 14.6 Å². The fourth-order valence-corrected chi connectivity index (χ4v) is 1.79. The van der Waals surface area contributed by atoms with Crippen molar-refractivity contribution < 1.29 is 13.2 Å². The number of alkyl halides is 3. The summed E-state index contributed by atoms with van der Waals surface area (Å²) in [6, 6.07) is 1.55. The summed E-state index contributed by atoms with van der Waals surface area (Å²) < 4.78 is 37.7. The molecule has 0 unspecified atom stereocenters. The summed E-state index contributed by atoms with van der Waals surface area (Å²) in [5.41, 5.74) is 0. The van der Waals surface area contributed by atoms with Gasteiger partial charge in [0.1, 0.15) is 15.5 Å². The molecule has 17 heavy (non-hydrogen) atoms. The molecule has 0 aliphatic carbocycles. The number of hydrogen-bond donors (Lipinski definition) is 0. The van der Waals surface area contributed by atoms with E-state index < -0.39 is 12.0 Å². The molecule has 4 nitrogen and oxygen atoms in total. The fourth-order valence-electron chi connectivity index (χ4n) is 0.820. The Morgan fingerprint density at radius 2 is 2.00 bits per heavy atom. The summed E-state index contributed by atoms with van der Waals surface area (Å²) in [6.07, 6.45) is -4.60. The van der Waals surface area contributed by atoms with Gasteiger partial charge >= 0.3 is 6.18 Å². The van der Waals surface area contributed by atoms with Crippen LogP contribution in [0, 0.1) is 11.3 Å². The maximum atomic E-state index is 12.4. The van der Waals surface area contributed by atoms with Crippen LogP contribution >= 0.6 is 35.0 Å². The second kappa shape index (κ2) is 5.16. The quantitative estimate of drug-likeness (QED) is 0.622. The Kier molecular flexibility index (Phi) is 4.30. The van der Waals surface area contributed by atoms with Crippen molar-refractivity contribution in [1.82, 2.24) is 14.8 Å². The molecule has 0 aliphatic heterocycles. The van der Waals surface area contributed by atoms with E-state index in [0.717, 1.165) is 7.05 Å². The van der Waals surface area contributed by atoms with Crippen molar-refractivity contribution in [2.45, 2.75) is 11.3 Å². The molecule has 0 spiro atoms. The molecule has 10 heteroatoms. The monoisotopic (exact) mass is 302 g/mol. The molecule has 1 heterocycles. The molecule has 0 saturated heterocycles. The van der Waals surface area contributed by atoms with Crippen molar-refractivity contribution in [3.63, 3.8) is 0 Å². The molecule has 92 valence electrons. The molecule has 1 rings (SSSR count). The first kappa shape index (κ1) is 14.2. The predicted octanol–water partition coefficient (Wildman–Crippen LogP) is 3.10. The van der Waals surface area contributed by atoms with Gasteiger partial charge in [-0.1, -0.05) is 23.2 Å². The van der Waals surface area contributed by atoms with E-state index in [4.69, 9.17) is 28.5 Å². The SMILES string of the molecule is Cn1c(SC(Cl)=C(Cl)C#N)nnc1C(F)(F)F. The second-order valence-corrected chi connectivity index (χ2v) is 4.62. The summed E-state index contributed by atoms with van der Waals surface area (Å²) in [5, 5.41) is 14.3. The molecule has 0 aromatic carbocycles. The first-order chi connectivity index (χ1) is 7.77. The third-order valence-electron chi connectivity index (χ3n) is 1.54. The van der Waals surface area contributed by atoms with Crippen LogP contribution in [-0.4, -0.2) is 14.8 Å². The van der Waals surface area contributed by atoms with Gasteiger partial charge in [-0.2, -0.15) is 18.4 Å². The van der Waals surface area contributed by atoms with Crippen molar-refractivity contribution in [3.05, 3.63) is 15.2 Å². The van der Waals surface area contributed by atoms with Gasteiger partial charge in [0.15, 0.2) is 5.16 Å². The van der Waals surface area contributed by atoms with E-state index in [2.05, 4.69) is 10.2 Å². The maximum absolute atomic E-state index is 12.4. The number of aromatic nitrogens is 3. The van der Waals surface area contributed by atoms with Crippen molar-refractivity contribution >= 4 is 35.0 Å². The molecule has 1 aromatic rings. The highest BCUT2D eigenvalue weighted by molar-refractivity contribution is 8.04. The fraction of sp³-hybridized carbons (Fsp3) is 0.286. The third-order valence-corrected chi connectivity index (χ3v) is 3.36. The zero-order valence-electron chi connectivity index (χ0n) is 8.09. The Bertz CT molecular complexity index is 502. The third kappa shape index (κ3) is 3.28. The van der Waals surface area contributed by atoms with Gasteiger partial charge in [0.2, 0.25) is 5.82 Å². The molecule has 0 atom stereocenters. The number of nitrogens with zero attached hydrogens (tertiary/aromatic N) is 4. The summed E-state index contributed by atoms with van der Waals surface area (Å²) in [5.74, 6) is -1.16. The lowest BCUT2D eigenvalue weighted by Crippen LogP contribution is -2.12. The molecule has 0 aliphatic rings. The molecule has 0 fully saturated rings. The lowest BCUT2D eigenvalue weighted by Gasteiger charge is -2.05. The van der Waals surface area contributed by atoms with Gasteiger partial charge in [0.25, 0.3) is 0 Å². The van der Waals surface area contributed by atoms with Gasteiger partial charge in [0.05, 0.1) is 0 Å². The van der Waals surface area contributed by atoms with Crippen LogP contribution in [0.5, 0.6) is 0 Å². The van der Waals surface area contributed by atoms with E-state index >= 15 is 0 Å². The zero-order chi connectivity index (χ0) is 13.2. The van der Waals surface area contributed by atoms with E-state index in [0.29, 0.717) is 16.3 Å². The van der Waals surface area contributed by atoms with Crippen molar-refractivity contribution in [1.29, 1.82) is 5.26 Å². The van der Waals surface area contributed by atoms with Crippen LogP contribution in [0.3, 0.4) is 0 Å². The highest BCUT2D eigenvalue weighted by Crippen LogP contribution is 2.34. The van der Waals surface area contributed by atoms with E-state index in [1.54, 1.807) is 6.07 Å². The van der Waals surface area contributed by atoms with E-state index in [1.165, 1.54) is 0 Å². The first-order valence-corrected chi connectivity index (χ1v) is 5.44. The second-order valence-electron chi connectivity index (χ2n) is 2.66. The number of halogens is 5. The van der Waals surface area contributed by atoms with Gasteiger partial charge in [-0.05, 0) is 11.8 Å². The molecule has 1 aromatic heterocycles. The number of hydrogen-bond acceptors (Lipinski definition) is 4. The largest absolute Gasteiger partial charge is 0.451 e. The van der Waals surface area contributed by atoms with Crippen LogP contribution in [0.25, 0.3) is 0 Å². The average molecular weight is 303 g/mol. The lowest BCUT2D eigenvalue weighted by atomic mass is 10.6. The van der Waals surface area contributed by atoms with E-state index in [1.807, 2.05) is 0 Å². The Labute approximate surface area is 108 Å². The van der Waals surface area contributed by atoms with Crippen molar-refractivity contribution in [2.75, 3.05) is 0 Å². The van der Waals surface area contributed by atoms with Crippen LogP contribution in [0.2, 0.25) is 0 Å².